The van der Waals surface area contributed by atoms with Crippen molar-refractivity contribution in [3.05, 3.63) is 50.6 Å². The number of benzene rings is 1. The van der Waals surface area contributed by atoms with Crippen LogP contribution in [-0.4, -0.2) is 13.4 Å². The lowest BCUT2D eigenvalue weighted by Crippen LogP contribution is -2.18. The van der Waals surface area contributed by atoms with E-state index in [-0.39, 0.29) is 11.8 Å². The first-order valence-corrected chi connectivity index (χ1v) is 7.80. The maximum absolute atomic E-state index is 12.1. The molecule has 2 rings (SSSR count). The van der Waals surface area contributed by atoms with E-state index in [0.717, 1.165) is 10.0 Å². The van der Waals surface area contributed by atoms with Gasteiger partial charge in [0, 0.05) is 20.8 Å². The summed E-state index contributed by atoms with van der Waals surface area (Å²) in [5.74, 6) is -0.203. The molecular formula is C14H13BrF3NOS. The molecule has 1 N–H and O–H groups in total. The summed E-state index contributed by atoms with van der Waals surface area (Å²) in [5.41, 5.74) is 0.938. The molecule has 0 saturated carbocycles. The summed E-state index contributed by atoms with van der Waals surface area (Å²) in [6, 6.07) is 8.12. The average Bonchev–Trinajstić information content (AvgIpc) is 2.82. The van der Waals surface area contributed by atoms with Gasteiger partial charge in [0.05, 0.1) is 0 Å². The van der Waals surface area contributed by atoms with E-state index in [4.69, 9.17) is 0 Å². The van der Waals surface area contributed by atoms with E-state index in [0.29, 0.717) is 6.42 Å². The SMILES string of the molecule is CNC(Cc1ccc(OC(F)(F)F)cc1)c1cc(Br)cs1. The van der Waals surface area contributed by atoms with Crippen LogP contribution in [0.5, 0.6) is 5.75 Å². The molecule has 0 aliphatic carbocycles. The normalized spacial score (nSPS) is 13.2. The molecule has 1 heterocycles. The second-order valence-corrected chi connectivity index (χ2v) is 6.26. The van der Waals surface area contributed by atoms with Gasteiger partial charge in [0.25, 0.3) is 0 Å². The van der Waals surface area contributed by atoms with E-state index in [1.165, 1.54) is 17.0 Å². The number of likely N-dealkylation sites (N-methyl/N-ethyl adjacent to an activating group) is 1. The number of alkyl halides is 3. The Bertz CT molecular complexity index is 583. The van der Waals surface area contributed by atoms with E-state index >= 15 is 0 Å². The van der Waals surface area contributed by atoms with Crippen LogP contribution in [0.4, 0.5) is 13.2 Å². The fourth-order valence-electron chi connectivity index (χ4n) is 1.92. The van der Waals surface area contributed by atoms with Crippen molar-refractivity contribution in [3.8, 4) is 5.75 Å². The fourth-order valence-corrected chi connectivity index (χ4v) is 3.47. The Morgan fingerprint density at radius 3 is 2.43 bits per heavy atom. The van der Waals surface area contributed by atoms with Crippen LogP contribution in [0.15, 0.2) is 40.2 Å². The van der Waals surface area contributed by atoms with Crippen LogP contribution in [0.25, 0.3) is 0 Å². The number of rotatable bonds is 5. The molecule has 0 spiro atoms. The average molecular weight is 380 g/mol. The van der Waals surface area contributed by atoms with Gasteiger partial charge < -0.3 is 10.1 Å². The van der Waals surface area contributed by atoms with Crippen molar-refractivity contribution in [1.29, 1.82) is 0 Å². The lowest BCUT2D eigenvalue weighted by atomic mass is 10.0. The third-order valence-corrected chi connectivity index (χ3v) is 4.68. The topological polar surface area (TPSA) is 21.3 Å². The highest BCUT2D eigenvalue weighted by molar-refractivity contribution is 9.10. The highest BCUT2D eigenvalue weighted by Gasteiger charge is 2.30. The Morgan fingerprint density at radius 1 is 1.29 bits per heavy atom. The lowest BCUT2D eigenvalue weighted by Gasteiger charge is -2.15. The van der Waals surface area contributed by atoms with Gasteiger partial charge in [0.15, 0.2) is 0 Å². The van der Waals surface area contributed by atoms with E-state index < -0.39 is 6.36 Å². The third-order valence-electron chi connectivity index (χ3n) is 2.88. The zero-order chi connectivity index (χ0) is 15.5. The van der Waals surface area contributed by atoms with Crippen LogP contribution in [-0.2, 0) is 6.42 Å². The molecule has 0 bridgehead atoms. The zero-order valence-electron chi connectivity index (χ0n) is 11.1. The number of hydrogen-bond acceptors (Lipinski definition) is 3. The van der Waals surface area contributed by atoms with Crippen LogP contribution in [0.3, 0.4) is 0 Å². The summed E-state index contributed by atoms with van der Waals surface area (Å²) in [6.45, 7) is 0. The molecule has 2 nitrogen and oxygen atoms in total. The van der Waals surface area contributed by atoms with Gasteiger partial charge in [0.2, 0.25) is 0 Å². The molecule has 1 aromatic heterocycles. The molecule has 1 unspecified atom stereocenters. The monoisotopic (exact) mass is 379 g/mol. The summed E-state index contributed by atoms with van der Waals surface area (Å²) in [5, 5.41) is 5.21. The first kappa shape index (κ1) is 16.3. The van der Waals surface area contributed by atoms with Crippen LogP contribution in [0.2, 0.25) is 0 Å². The number of nitrogens with one attached hydrogen (secondary N) is 1. The smallest absolute Gasteiger partial charge is 0.406 e. The molecule has 1 aromatic carbocycles. The fraction of sp³-hybridized carbons (Fsp3) is 0.286. The molecule has 0 aliphatic heterocycles. The largest absolute Gasteiger partial charge is 0.573 e. The molecule has 0 aliphatic rings. The number of thiophene rings is 1. The standard InChI is InChI=1S/C14H13BrF3NOS/c1-19-12(13-7-10(15)8-21-13)6-9-2-4-11(5-3-9)20-14(16,17)18/h2-5,7-8,12,19H,6H2,1H3. The Morgan fingerprint density at radius 2 is 1.95 bits per heavy atom. The lowest BCUT2D eigenvalue weighted by molar-refractivity contribution is -0.274. The Labute approximate surface area is 133 Å². The quantitative estimate of drug-likeness (QED) is 0.796. The highest BCUT2D eigenvalue weighted by Crippen LogP contribution is 2.29. The summed E-state index contributed by atoms with van der Waals surface area (Å²) >= 11 is 5.04. The number of halogens is 4. The summed E-state index contributed by atoms with van der Waals surface area (Å²) in [7, 11) is 1.86. The summed E-state index contributed by atoms with van der Waals surface area (Å²) in [6.07, 6.45) is -3.96. The maximum Gasteiger partial charge on any atom is 0.573 e. The molecule has 0 fully saturated rings. The third kappa shape index (κ3) is 5.01. The van der Waals surface area contributed by atoms with Gasteiger partial charge in [-0.2, -0.15) is 0 Å². The Balaban J connectivity index is 2.05. The maximum atomic E-state index is 12.1. The van der Waals surface area contributed by atoms with Crippen molar-refractivity contribution in [2.75, 3.05) is 7.05 Å². The second kappa shape index (κ2) is 6.81. The van der Waals surface area contributed by atoms with Gasteiger partial charge in [-0.15, -0.1) is 24.5 Å². The van der Waals surface area contributed by atoms with Gasteiger partial charge in [-0.25, -0.2) is 0 Å². The minimum Gasteiger partial charge on any atom is -0.406 e. The van der Waals surface area contributed by atoms with Crippen molar-refractivity contribution in [1.82, 2.24) is 5.32 Å². The van der Waals surface area contributed by atoms with Crippen molar-refractivity contribution in [2.45, 2.75) is 18.8 Å². The van der Waals surface area contributed by atoms with Gasteiger partial charge in [-0.1, -0.05) is 12.1 Å². The van der Waals surface area contributed by atoms with Crippen LogP contribution in [0.1, 0.15) is 16.5 Å². The molecule has 1 atom stereocenters. The van der Waals surface area contributed by atoms with E-state index in [2.05, 4.69) is 26.0 Å². The van der Waals surface area contributed by atoms with Crippen molar-refractivity contribution >= 4 is 27.3 Å². The van der Waals surface area contributed by atoms with E-state index in [1.807, 2.05) is 18.5 Å². The second-order valence-electron chi connectivity index (χ2n) is 4.40. The van der Waals surface area contributed by atoms with Gasteiger partial charge in [-0.05, 0) is 53.2 Å². The predicted molar refractivity (Wildman–Crippen MR) is 80.6 cm³/mol. The van der Waals surface area contributed by atoms with E-state index in [9.17, 15) is 13.2 Å². The first-order chi connectivity index (χ1) is 9.87. The van der Waals surface area contributed by atoms with Gasteiger partial charge >= 0.3 is 6.36 Å². The Hall–Kier alpha value is -1.05. The zero-order valence-corrected chi connectivity index (χ0v) is 13.5. The minimum absolute atomic E-state index is 0.121. The van der Waals surface area contributed by atoms with Crippen molar-refractivity contribution < 1.29 is 17.9 Å². The van der Waals surface area contributed by atoms with E-state index in [1.54, 1.807) is 23.5 Å². The highest BCUT2D eigenvalue weighted by atomic mass is 79.9. The summed E-state index contributed by atoms with van der Waals surface area (Å²) < 4.78 is 41.2. The van der Waals surface area contributed by atoms with Crippen LogP contribution in [0, 0.1) is 0 Å². The first-order valence-electron chi connectivity index (χ1n) is 6.13. The Kier molecular flexibility index (Phi) is 5.29. The minimum atomic E-state index is -4.65. The molecule has 0 saturated heterocycles. The molecule has 2 aromatic rings. The predicted octanol–water partition coefficient (Wildman–Crippen LogP) is 4.91. The summed E-state index contributed by atoms with van der Waals surface area (Å²) in [4.78, 5) is 1.17. The number of ether oxygens (including phenoxy) is 1. The molecule has 0 amide bonds. The molecule has 0 radical (unpaired) electrons. The number of hydrogen-bond donors (Lipinski definition) is 1. The van der Waals surface area contributed by atoms with Crippen molar-refractivity contribution in [2.24, 2.45) is 0 Å². The molecule has 7 heteroatoms. The van der Waals surface area contributed by atoms with Crippen LogP contribution < -0.4 is 10.1 Å². The molecule has 21 heavy (non-hydrogen) atoms. The molecule has 114 valence electrons. The van der Waals surface area contributed by atoms with Gasteiger partial charge in [0.1, 0.15) is 5.75 Å². The van der Waals surface area contributed by atoms with Crippen LogP contribution >= 0.6 is 27.3 Å². The van der Waals surface area contributed by atoms with Gasteiger partial charge in [-0.3, -0.25) is 0 Å². The molecular weight excluding hydrogens is 367 g/mol. The van der Waals surface area contributed by atoms with Crippen molar-refractivity contribution in [3.63, 3.8) is 0 Å².